The third-order valence-corrected chi connectivity index (χ3v) is 4.31. The Balaban J connectivity index is 1.63. The number of hydrogen-bond acceptors (Lipinski definition) is 3. The zero-order valence-corrected chi connectivity index (χ0v) is 10.8. The Morgan fingerprint density at radius 2 is 2.12 bits per heavy atom. The number of piperidine rings is 1. The lowest BCUT2D eigenvalue weighted by Gasteiger charge is -2.25. The van der Waals surface area contributed by atoms with Gasteiger partial charge in [0.2, 0.25) is 0 Å². The van der Waals surface area contributed by atoms with Gasteiger partial charge in [0, 0.05) is 19.7 Å². The normalized spacial score (nSPS) is 27.6. The molecule has 0 aromatic heterocycles. The predicted octanol–water partition coefficient (Wildman–Crippen LogP) is 1.34. The number of likely N-dealkylation sites (N-methyl/N-ethyl adjacent to an activating group) is 1. The fourth-order valence-electron chi connectivity index (χ4n) is 3.06. The van der Waals surface area contributed by atoms with Gasteiger partial charge in [-0.2, -0.15) is 0 Å². The van der Waals surface area contributed by atoms with E-state index in [1.165, 1.54) is 38.9 Å². The van der Waals surface area contributed by atoms with Gasteiger partial charge in [-0.1, -0.05) is 0 Å². The summed E-state index contributed by atoms with van der Waals surface area (Å²) < 4.78 is 5.39. The third-order valence-electron chi connectivity index (χ3n) is 4.31. The fraction of sp³-hybridized carbons (Fsp3) is 1.00. The van der Waals surface area contributed by atoms with E-state index < -0.39 is 0 Å². The maximum absolute atomic E-state index is 5.39. The molecule has 1 unspecified atom stereocenters. The fourth-order valence-corrected chi connectivity index (χ4v) is 3.06. The first-order chi connectivity index (χ1) is 7.77. The van der Waals surface area contributed by atoms with Crippen molar-refractivity contribution in [2.45, 2.75) is 26.2 Å². The quantitative estimate of drug-likeness (QED) is 0.692. The van der Waals surface area contributed by atoms with E-state index in [1.807, 2.05) is 0 Å². The van der Waals surface area contributed by atoms with Gasteiger partial charge in [-0.15, -0.1) is 0 Å². The molecule has 94 valence electrons. The molecular weight excluding hydrogens is 200 g/mol. The maximum Gasteiger partial charge on any atom is 0.0593 e. The standard InChI is InChI=1S/C13H26N2O/c1-3-16-9-8-15(2)11-12-10-13(12)4-6-14-7-5-13/h12,14H,3-11H2,1-2H3. The van der Waals surface area contributed by atoms with Crippen molar-refractivity contribution in [3.8, 4) is 0 Å². The molecule has 1 aliphatic heterocycles. The van der Waals surface area contributed by atoms with Crippen molar-refractivity contribution in [3.63, 3.8) is 0 Å². The van der Waals surface area contributed by atoms with E-state index in [1.54, 1.807) is 0 Å². The molecule has 0 bridgehead atoms. The van der Waals surface area contributed by atoms with Crippen molar-refractivity contribution >= 4 is 0 Å². The molecule has 0 aromatic carbocycles. The van der Waals surface area contributed by atoms with Crippen LogP contribution in [0.5, 0.6) is 0 Å². The van der Waals surface area contributed by atoms with Crippen LogP contribution in [-0.4, -0.2) is 51.3 Å². The van der Waals surface area contributed by atoms with Gasteiger partial charge in [-0.3, -0.25) is 0 Å². The molecule has 0 amide bonds. The molecule has 2 aliphatic rings. The second-order valence-electron chi connectivity index (χ2n) is 5.47. The molecule has 1 spiro atoms. The number of rotatable bonds is 6. The lowest BCUT2D eigenvalue weighted by molar-refractivity contribution is 0.118. The van der Waals surface area contributed by atoms with Crippen LogP contribution in [0.3, 0.4) is 0 Å². The van der Waals surface area contributed by atoms with Crippen molar-refractivity contribution in [3.05, 3.63) is 0 Å². The van der Waals surface area contributed by atoms with E-state index in [0.717, 1.165) is 31.1 Å². The monoisotopic (exact) mass is 226 g/mol. The first-order valence-electron chi connectivity index (χ1n) is 6.74. The van der Waals surface area contributed by atoms with Crippen molar-refractivity contribution in [1.29, 1.82) is 0 Å². The van der Waals surface area contributed by atoms with Crippen molar-refractivity contribution in [2.75, 3.05) is 46.4 Å². The van der Waals surface area contributed by atoms with E-state index in [-0.39, 0.29) is 0 Å². The Morgan fingerprint density at radius 1 is 1.38 bits per heavy atom. The van der Waals surface area contributed by atoms with Crippen LogP contribution < -0.4 is 5.32 Å². The molecule has 1 saturated heterocycles. The molecule has 1 saturated carbocycles. The molecule has 0 aromatic rings. The van der Waals surface area contributed by atoms with Gasteiger partial charge in [-0.05, 0) is 57.7 Å². The molecule has 1 heterocycles. The van der Waals surface area contributed by atoms with E-state index in [9.17, 15) is 0 Å². The minimum Gasteiger partial charge on any atom is -0.380 e. The highest BCUT2D eigenvalue weighted by Crippen LogP contribution is 2.58. The first kappa shape index (κ1) is 12.3. The van der Waals surface area contributed by atoms with Crippen LogP contribution >= 0.6 is 0 Å². The SMILES string of the molecule is CCOCCN(C)CC1CC12CCNCC2. The second kappa shape index (κ2) is 5.48. The molecule has 1 aliphatic carbocycles. The number of ether oxygens (including phenoxy) is 1. The highest BCUT2D eigenvalue weighted by molar-refractivity contribution is 5.05. The van der Waals surface area contributed by atoms with Gasteiger partial charge in [0.1, 0.15) is 0 Å². The summed E-state index contributed by atoms with van der Waals surface area (Å²) in [5.41, 5.74) is 0.727. The van der Waals surface area contributed by atoms with Gasteiger partial charge in [0.05, 0.1) is 6.61 Å². The summed E-state index contributed by atoms with van der Waals surface area (Å²) in [6.07, 6.45) is 4.27. The second-order valence-corrected chi connectivity index (χ2v) is 5.47. The third kappa shape index (κ3) is 2.96. The van der Waals surface area contributed by atoms with Crippen LogP contribution in [0.25, 0.3) is 0 Å². The van der Waals surface area contributed by atoms with E-state index in [0.29, 0.717) is 0 Å². The van der Waals surface area contributed by atoms with E-state index >= 15 is 0 Å². The highest BCUT2D eigenvalue weighted by atomic mass is 16.5. The van der Waals surface area contributed by atoms with Gasteiger partial charge in [0.15, 0.2) is 0 Å². The van der Waals surface area contributed by atoms with Gasteiger partial charge >= 0.3 is 0 Å². The van der Waals surface area contributed by atoms with Gasteiger partial charge in [0.25, 0.3) is 0 Å². The molecule has 0 radical (unpaired) electrons. The topological polar surface area (TPSA) is 24.5 Å². The Hall–Kier alpha value is -0.120. The summed E-state index contributed by atoms with van der Waals surface area (Å²) in [7, 11) is 2.23. The summed E-state index contributed by atoms with van der Waals surface area (Å²) in [5, 5.41) is 3.46. The Labute approximate surface area is 99.5 Å². The van der Waals surface area contributed by atoms with Crippen LogP contribution in [0.4, 0.5) is 0 Å². The van der Waals surface area contributed by atoms with Crippen LogP contribution in [0.2, 0.25) is 0 Å². The zero-order valence-electron chi connectivity index (χ0n) is 10.8. The highest BCUT2D eigenvalue weighted by Gasteiger charge is 2.53. The minimum atomic E-state index is 0.727. The van der Waals surface area contributed by atoms with Crippen LogP contribution in [-0.2, 0) is 4.74 Å². The number of nitrogens with zero attached hydrogens (tertiary/aromatic N) is 1. The van der Waals surface area contributed by atoms with Crippen LogP contribution in [0.1, 0.15) is 26.2 Å². The van der Waals surface area contributed by atoms with E-state index in [4.69, 9.17) is 4.74 Å². The molecule has 2 rings (SSSR count). The zero-order chi connectivity index (χ0) is 11.4. The summed E-state index contributed by atoms with van der Waals surface area (Å²) in [6, 6.07) is 0. The summed E-state index contributed by atoms with van der Waals surface area (Å²) in [4.78, 5) is 2.44. The summed E-state index contributed by atoms with van der Waals surface area (Å²) in [6.45, 7) is 8.61. The van der Waals surface area contributed by atoms with Crippen molar-refractivity contribution in [2.24, 2.45) is 11.3 Å². The Kier molecular flexibility index (Phi) is 4.22. The van der Waals surface area contributed by atoms with Crippen LogP contribution in [0.15, 0.2) is 0 Å². The Bertz CT molecular complexity index is 214. The molecule has 16 heavy (non-hydrogen) atoms. The first-order valence-corrected chi connectivity index (χ1v) is 6.74. The largest absolute Gasteiger partial charge is 0.380 e. The molecule has 1 atom stereocenters. The molecule has 2 fully saturated rings. The van der Waals surface area contributed by atoms with Crippen molar-refractivity contribution < 1.29 is 4.74 Å². The van der Waals surface area contributed by atoms with Crippen molar-refractivity contribution in [1.82, 2.24) is 10.2 Å². The minimum absolute atomic E-state index is 0.727. The molecule has 3 heteroatoms. The van der Waals surface area contributed by atoms with Gasteiger partial charge in [-0.25, -0.2) is 0 Å². The van der Waals surface area contributed by atoms with E-state index in [2.05, 4.69) is 24.2 Å². The lowest BCUT2D eigenvalue weighted by Crippen LogP contribution is -2.32. The lowest BCUT2D eigenvalue weighted by atomic mass is 9.92. The van der Waals surface area contributed by atoms with Gasteiger partial charge < -0.3 is 15.0 Å². The number of hydrogen-bond donors (Lipinski definition) is 1. The smallest absolute Gasteiger partial charge is 0.0593 e. The summed E-state index contributed by atoms with van der Waals surface area (Å²) >= 11 is 0. The average Bonchev–Trinajstić information content (AvgIpc) is 2.92. The Morgan fingerprint density at radius 3 is 2.81 bits per heavy atom. The summed E-state index contributed by atoms with van der Waals surface area (Å²) in [5.74, 6) is 0.959. The average molecular weight is 226 g/mol. The van der Waals surface area contributed by atoms with Crippen LogP contribution in [0, 0.1) is 11.3 Å². The molecule has 1 N–H and O–H groups in total. The molecular formula is C13H26N2O. The molecule has 3 nitrogen and oxygen atoms in total. The number of nitrogens with one attached hydrogen (secondary N) is 1. The maximum atomic E-state index is 5.39. The predicted molar refractivity (Wildman–Crippen MR) is 66.6 cm³/mol.